The second-order valence-electron chi connectivity index (χ2n) is 10.3. The van der Waals surface area contributed by atoms with Gasteiger partial charge in [-0.05, 0) is 48.2 Å². The number of nitrogens with one attached hydrogen (secondary N) is 1. The number of hydrogen-bond donors (Lipinski definition) is 1. The Kier molecular flexibility index (Phi) is 8.03. The molecule has 0 unspecified atom stereocenters. The average molecular weight is 588 g/mol. The highest BCUT2D eigenvalue weighted by Crippen LogP contribution is 2.37. The molecule has 1 fully saturated rings. The van der Waals surface area contributed by atoms with E-state index in [1.54, 1.807) is 23.1 Å². The summed E-state index contributed by atoms with van der Waals surface area (Å²) in [4.78, 5) is 32.8. The van der Waals surface area contributed by atoms with Crippen LogP contribution in [0.4, 0.5) is 26.3 Å². The van der Waals surface area contributed by atoms with Gasteiger partial charge in [0.1, 0.15) is 0 Å². The maximum Gasteiger partial charge on any atom is 0.416 e. The summed E-state index contributed by atoms with van der Waals surface area (Å²) in [6.45, 7) is 0.167. The van der Waals surface area contributed by atoms with Crippen LogP contribution < -0.4 is 0 Å². The maximum atomic E-state index is 13.5. The van der Waals surface area contributed by atoms with E-state index in [9.17, 15) is 35.9 Å². The number of H-pyrrole nitrogens is 1. The molecule has 1 aliphatic heterocycles. The van der Waals surface area contributed by atoms with Crippen molar-refractivity contribution < 1.29 is 35.9 Å². The molecule has 0 saturated carbocycles. The highest BCUT2D eigenvalue weighted by molar-refractivity contribution is 5.95. The predicted molar refractivity (Wildman–Crippen MR) is 145 cm³/mol. The van der Waals surface area contributed by atoms with Crippen molar-refractivity contribution in [3.8, 4) is 0 Å². The molecule has 0 aliphatic carbocycles. The molecule has 1 N–H and O–H groups in total. The fraction of sp³-hybridized carbons (Fsp3) is 0.290. The first kappa shape index (κ1) is 29.2. The van der Waals surface area contributed by atoms with E-state index < -0.39 is 41.0 Å². The number of amides is 2. The van der Waals surface area contributed by atoms with E-state index in [2.05, 4.69) is 4.98 Å². The molecule has 220 valence electrons. The smallest absolute Gasteiger partial charge is 0.361 e. The molecular weight excluding hydrogens is 560 g/mol. The van der Waals surface area contributed by atoms with Crippen LogP contribution in [0.3, 0.4) is 0 Å². The fourth-order valence-electron chi connectivity index (χ4n) is 5.39. The van der Waals surface area contributed by atoms with Gasteiger partial charge in [-0.15, -0.1) is 0 Å². The summed E-state index contributed by atoms with van der Waals surface area (Å²) in [7, 11) is 0. The Morgan fingerprint density at radius 3 is 2.14 bits per heavy atom. The monoisotopic (exact) mass is 587 g/mol. The molecule has 1 atom stereocenters. The van der Waals surface area contributed by atoms with Gasteiger partial charge < -0.3 is 14.8 Å². The standard InChI is InChI=1S/C31H27F6N3O2/c32-30(33,34)23-15-22(16-24(17-23)31(35,36)37)29(42)40-13-12-39(19-25(40)14-20-6-2-1-3-7-20)28(41)11-10-21-18-38-27-9-5-4-8-26(21)27/h1-9,15-18,25,38H,10-14,19H2/t25-/m1/s1. The summed E-state index contributed by atoms with van der Waals surface area (Å²) in [5.74, 6) is -1.10. The third-order valence-corrected chi connectivity index (χ3v) is 7.53. The van der Waals surface area contributed by atoms with E-state index in [4.69, 9.17) is 0 Å². The number of nitrogens with zero attached hydrogens (tertiary/aromatic N) is 2. The first-order chi connectivity index (χ1) is 19.9. The number of alkyl halides is 6. The van der Waals surface area contributed by atoms with E-state index in [0.717, 1.165) is 22.0 Å². The van der Waals surface area contributed by atoms with Gasteiger partial charge in [-0.1, -0.05) is 48.5 Å². The van der Waals surface area contributed by atoms with Crippen molar-refractivity contribution in [3.05, 3.63) is 107 Å². The Morgan fingerprint density at radius 1 is 0.833 bits per heavy atom. The van der Waals surface area contributed by atoms with Crippen molar-refractivity contribution in [2.45, 2.75) is 37.7 Å². The zero-order chi connectivity index (χ0) is 30.1. The SMILES string of the molecule is O=C(CCc1c[nH]c2ccccc12)N1CCN(C(=O)c2cc(C(F)(F)F)cc(C(F)(F)F)c2)[C@H](Cc2ccccc2)C1. The van der Waals surface area contributed by atoms with Gasteiger partial charge in [0.25, 0.3) is 5.91 Å². The van der Waals surface area contributed by atoms with Gasteiger partial charge in [-0.2, -0.15) is 26.3 Å². The van der Waals surface area contributed by atoms with Gasteiger partial charge in [0, 0.05) is 48.7 Å². The number of hydrogen-bond acceptors (Lipinski definition) is 2. The van der Waals surface area contributed by atoms with Gasteiger partial charge in [-0.3, -0.25) is 9.59 Å². The lowest BCUT2D eigenvalue weighted by Gasteiger charge is -2.42. The van der Waals surface area contributed by atoms with Gasteiger partial charge in [0.2, 0.25) is 5.91 Å². The number of aromatic amines is 1. The molecule has 42 heavy (non-hydrogen) atoms. The normalized spacial score (nSPS) is 16.2. The molecule has 5 nitrogen and oxygen atoms in total. The molecule has 1 saturated heterocycles. The van der Waals surface area contributed by atoms with Crippen LogP contribution in [0, 0.1) is 0 Å². The van der Waals surface area contributed by atoms with Crippen LogP contribution in [-0.2, 0) is 30.0 Å². The minimum Gasteiger partial charge on any atom is -0.361 e. The lowest BCUT2D eigenvalue weighted by atomic mass is 9.98. The topological polar surface area (TPSA) is 56.4 Å². The van der Waals surface area contributed by atoms with E-state index >= 15 is 0 Å². The van der Waals surface area contributed by atoms with Crippen molar-refractivity contribution in [1.29, 1.82) is 0 Å². The molecule has 1 aliphatic rings. The van der Waals surface area contributed by atoms with Crippen LogP contribution in [0.25, 0.3) is 10.9 Å². The largest absolute Gasteiger partial charge is 0.416 e. The lowest BCUT2D eigenvalue weighted by Crippen LogP contribution is -2.57. The number of benzene rings is 3. The highest BCUT2D eigenvalue weighted by Gasteiger charge is 2.39. The minimum atomic E-state index is -5.07. The summed E-state index contributed by atoms with van der Waals surface area (Å²) >= 11 is 0. The van der Waals surface area contributed by atoms with E-state index in [1.165, 1.54) is 4.90 Å². The van der Waals surface area contributed by atoms with Crippen molar-refractivity contribution in [2.75, 3.05) is 19.6 Å². The number of halogens is 6. The van der Waals surface area contributed by atoms with E-state index in [-0.39, 0.29) is 44.4 Å². The summed E-state index contributed by atoms with van der Waals surface area (Å²) < 4.78 is 80.8. The van der Waals surface area contributed by atoms with E-state index in [1.807, 2.05) is 42.6 Å². The molecule has 11 heteroatoms. The zero-order valence-corrected chi connectivity index (χ0v) is 22.3. The molecule has 1 aromatic heterocycles. The molecule has 0 radical (unpaired) electrons. The van der Waals surface area contributed by atoms with Gasteiger partial charge in [-0.25, -0.2) is 0 Å². The number of fused-ring (bicyclic) bond motifs is 1. The Hall–Kier alpha value is -4.28. The quantitative estimate of drug-likeness (QED) is 0.254. The second kappa shape index (κ2) is 11.5. The van der Waals surface area contributed by atoms with Crippen LogP contribution in [0.5, 0.6) is 0 Å². The Balaban J connectivity index is 1.38. The predicted octanol–water partition coefficient (Wildman–Crippen LogP) is 6.73. The Bertz CT molecular complexity index is 1550. The van der Waals surface area contributed by atoms with Gasteiger partial charge >= 0.3 is 12.4 Å². The van der Waals surface area contributed by atoms with Gasteiger partial charge in [0.05, 0.1) is 17.2 Å². The number of carbonyl (C=O) groups excluding carboxylic acids is 2. The molecule has 2 amide bonds. The zero-order valence-electron chi connectivity index (χ0n) is 22.3. The van der Waals surface area contributed by atoms with Crippen LogP contribution in [0.1, 0.15) is 39.0 Å². The molecule has 4 aromatic rings. The van der Waals surface area contributed by atoms with Gasteiger partial charge in [0.15, 0.2) is 0 Å². The van der Waals surface area contributed by atoms with Crippen LogP contribution in [0.15, 0.2) is 79.0 Å². The number of aryl methyl sites for hydroxylation is 1. The van der Waals surface area contributed by atoms with Crippen LogP contribution in [0.2, 0.25) is 0 Å². The van der Waals surface area contributed by atoms with Crippen molar-refractivity contribution in [3.63, 3.8) is 0 Å². The highest BCUT2D eigenvalue weighted by atomic mass is 19.4. The number of aromatic nitrogens is 1. The number of piperazine rings is 1. The molecule has 3 aromatic carbocycles. The molecule has 5 rings (SSSR count). The third kappa shape index (κ3) is 6.45. The Morgan fingerprint density at radius 2 is 1.48 bits per heavy atom. The molecular formula is C31H27F6N3O2. The number of carbonyl (C=O) groups is 2. The second-order valence-corrected chi connectivity index (χ2v) is 10.3. The van der Waals surface area contributed by atoms with Crippen molar-refractivity contribution in [2.24, 2.45) is 0 Å². The first-order valence-corrected chi connectivity index (χ1v) is 13.4. The van der Waals surface area contributed by atoms with Crippen LogP contribution in [-0.4, -0.2) is 52.3 Å². The summed E-state index contributed by atoms with van der Waals surface area (Å²) in [5.41, 5.74) is -1.04. The molecule has 2 heterocycles. The summed E-state index contributed by atoms with van der Waals surface area (Å²) in [5, 5.41) is 1.02. The fourth-order valence-corrected chi connectivity index (χ4v) is 5.39. The summed E-state index contributed by atoms with van der Waals surface area (Å²) in [6.07, 6.45) is -7.33. The number of rotatable bonds is 6. The molecule has 0 spiro atoms. The third-order valence-electron chi connectivity index (χ3n) is 7.53. The average Bonchev–Trinajstić information content (AvgIpc) is 3.38. The first-order valence-electron chi connectivity index (χ1n) is 13.4. The minimum absolute atomic E-state index is 0.00252. The van der Waals surface area contributed by atoms with E-state index in [0.29, 0.717) is 18.6 Å². The van der Waals surface area contributed by atoms with Crippen LogP contribution >= 0.6 is 0 Å². The van der Waals surface area contributed by atoms with Crippen molar-refractivity contribution in [1.82, 2.24) is 14.8 Å². The summed E-state index contributed by atoms with van der Waals surface area (Å²) in [6, 6.07) is 17.0. The van der Waals surface area contributed by atoms with Crippen molar-refractivity contribution >= 4 is 22.7 Å². The molecule has 0 bridgehead atoms. The number of para-hydroxylation sites is 1. The Labute approximate surface area is 237 Å². The lowest BCUT2D eigenvalue weighted by molar-refractivity contribution is -0.143. The maximum absolute atomic E-state index is 13.5.